The third-order valence-corrected chi connectivity index (χ3v) is 3.04. The van der Waals surface area contributed by atoms with E-state index in [1.807, 2.05) is 17.5 Å². The number of hydrogen-bond donors (Lipinski definition) is 1. The summed E-state index contributed by atoms with van der Waals surface area (Å²) >= 11 is 1.64. The molecule has 0 radical (unpaired) electrons. The Balaban J connectivity index is 2.40. The lowest BCUT2D eigenvalue weighted by molar-refractivity contribution is 0.435. The normalized spacial score (nSPS) is 11.1. The molecule has 2 aromatic rings. The van der Waals surface area contributed by atoms with Crippen LogP contribution in [-0.4, -0.2) is 5.16 Å². The van der Waals surface area contributed by atoms with E-state index in [4.69, 9.17) is 10.3 Å². The summed E-state index contributed by atoms with van der Waals surface area (Å²) in [6.07, 6.45) is 0.905. The average Bonchev–Trinajstić information content (AvgIpc) is 2.76. The summed E-state index contributed by atoms with van der Waals surface area (Å²) in [7, 11) is 0. The molecular weight excluding hydrogens is 208 g/mol. The molecule has 0 aliphatic heterocycles. The van der Waals surface area contributed by atoms with E-state index in [9.17, 15) is 0 Å². The summed E-state index contributed by atoms with van der Waals surface area (Å²) in [5.41, 5.74) is 6.83. The van der Waals surface area contributed by atoms with Crippen molar-refractivity contribution in [3.05, 3.63) is 23.1 Å². The maximum absolute atomic E-state index is 5.80. The minimum absolute atomic E-state index is 0.520. The fourth-order valence-electron chi connectivity index (χ4n) is 1.53. The maximum atomic E-state index is 5.80. The third kappa shape index (κ3) is 2.04. The highest BCUT2D eigenvalue weighted by atomic mass is 32.1. The fraction of sp³-hybridized carbons (Fsp3) is 0.364. The maximum Gasteiger partial charge on any atom is 0.182 e. The molecule has 0 aliphatic rings. The zero-order chi connectivity index (χ0) is 10.8. The van der Waals surface area contributed by atoms with Crippen LogP contribution in [0.3, 0.4) is 0 Å². The van der Waals surface area contributed by atoms with Gasteiger partial charge < -0.3 is 10.3 Å². The van der Waals surface area contributed by atoms with Crippen LogP contribution in [0.4, 0.5) is 5.82 Å². The summed E-state index contributed by atoms with van der Waals surface area (Å²) in [6, 6.07) is 4.02. The van der Waals surface area contributed by atoms with E-state index < -0.39 is 0 Å². The first kappa shape index (κ1) is 10.2. The van der Waals surface area contributed by atoms with Crippen molar-refractivity contribution in [1.82, 2.24) is 5.16 Å². The van der Waals surface area contributed by atoms with Crippen LogP contribution in [0.25, 0.3) is 10.6 Å². The number of nitrogens with zero attached hydrogens (tertiary/aromatic N) is 1. The van der Waals surface area contributed by atoms with Crippen LogP contribution >= 0.6 is 11.3 Å². The van der Waals surface area contributed by atoms with E-state index >= 15 is 0 Å². The first-order valence-electron chi connectivity index (χ1n) is 4.96. The molecule has 0 spiro atoms. The van der Waals surface area contributed by atoms with Crippen molar-refractivity contribution in [3.8, 4) is 10.6 Å². The van der Waals surface area contributed by atoms with Crippen LogP contribution in [0.5, 0.6) is 0 Å². The summed E-state index contributed by atoms with van der Waals surface area (Å²) in [6.45, 7) is 4.31. The first-order valence-corrected chi connectivity index (χ1v) is 5.84. The van der Waals surface area contributed by atoms with E-state index in [1.54, 1.807) is 11.3 Å². The van der Waals surface area contributed by atoms with Gasteiger partial charge in [0.1, 0.15) is 0 Å². The van der Waals surface area contributed by atoms with Gasteiger partial charge in [-0.1, -0.05) is 25.1 Å². The van der Waals surface area contributed by atoms with Gasteiger partial charge in [-0.25, -0.2) is 0 Å². The Labute approximate surface area is 92.9 Å². The summed E-state index contributed by atoms with van der Waals surface area (Å²) in [4.78, 5) is 1.09. The second-order valence-electron chi connectivity index (χ2n) is 3.95. The Morgan fingerprint density at radius 2 is 2.33 bits per heavy atom. The molecule has 0 amide bonds. The second kappa shape index (κ2) is 4.06. The smallest absolute Gasteiger partial charge is 0.182 e. The van der Waals surface area contributed by atoms with E-state index in [2.05, 4.69) is 19.0 Å². The molecule has 15 heavy (non-hydrogen) atoms. The van der Waals surface area contributed by atoms with Crippen LogP contribution in [0.15, 0.2) is 22.0 Å². The van der Waals surface area contributed by atoms with Crippen molar-refractivity contribution >= 4 is 17.2 Å². The molecule has 3 nitrogen and oxygen atoms in total. The monoisotopic (exact) mass is 222 g/mol. The Hall–Kier alpha value is -1.29. The standard InChI is InChI=1S/C11H14N2OS/c1-7(2)6-8-10(14-13-11(8)12)9-4-3-5-15-9/h3-5,7H,6H2,1-2H3,(H2,12,13). The Kier molecular flexibility index (Phi) is 2.77. The Morgan fingerprint density at radius 3 is 2.93 bits per heavy atom. The SMILES string of the molecule is CC(C)Cc1c(N)noc1-c1cccs1. The Bertz CT molecular complexity index is 431. The lowest BCUT2D eigenvalue weighted by Crippen LogP contribution is -1.98. The second-order valence-corrected chi connectivity index (χ2v) is 4.90. The zero-order valence-corrected chi connectivity index (χ0v) is 9.67. The number of anilines is 1. The quantitative estimate of drug-likeness (QED) is 0.867. The molecule has 0 saturated carbocycles. The molecule has 2 aromatic heterocycles. The zero-order valence-electron chi connectivity index (χ0n) is 8.86. The molecule has 2 rings (SSSR count). The van der Waals surface area contributed by atoms with E-state index in [1.165, 1.54) is 0 Å². The van der Waals surface area contributed by atoms with Gasteiger partial charge in [-0.15, -0.1) is 11.3 Å². The molecule has 0 bridgehead atoms. The molecule has 80 valence electrons. The van der Waals surface area contributed by atoms with Gasteiger partial charge in [0.25, 0.3) is 0 Å². The molecule has 0 aliphatic carbocycles. The fourth-order valence-corrected chi connectivity index (χ4v) is 2.26. The summed E-state index contributed by atoms with van der Waals surface area (Å²) < 4.78 is 5.28. The number of thiophene rings is 1. The van der Waals surface area contributed by atoms with Gasteiger partial charge in [0.15, 0.2) is 11.6 Å². The lowest BCUT2D eigenvalue weighted by Gasteiger charge is -2.03. The van der Waals surface area contributed by atoms with Crippen LogP contribution in [0, 0.1) is 5.92 Å². The molecule has 4 heteroatoms. The van der Waals surface area contributed by atoms with Crippen LogP contribution in [0.2, 0.25) is 0 Å². The largest absolute Gasteiger partial charge is 0.381 e. The van der Waals surface area contributed by atoms with Crippen LogP contribution in [0.1, 0.15) is 19.4 Å². The van der Waals surface area contributed by atoms with Crippen LogP contribution in [-0.2, 0) is 6.42 Å². The molecule has 0 saturated heterocycles. The molecule has 0 atom stereocenters. The minimum Gasteiger partial charge on any atom is -0.381 e. The van der Waals surface area contributed by atoms with Crippen LogP contribution < -0.4 is 5.73 Å². The number of aromatic nitrogens is 1. The van der Waals surface area contributed by atoms with Crippen molar-refractivity contribution in [1.29, 1.82) is 0 Å². The number of nitrogen functional groups attached to an aromatic ring is 1. The molecule has 0 unspecified atom stereocenters. The summed E-state index contributed by atoms with van der Waals surface area (Å²) in [5.74, 6) is 1.90. The van der Waals surface area contributed by atoms with E-state index in [-0.39, 0.29) is 0 Å². The molecule has 2 heterocycles. The van der Waals surface area contributed by atoms with Crippen molar-refractivity contribution in [2.45, 2.75) is 20.3 Å². The van der Waals surface area contributed by atoms with Gasteiger partial charge in [0.2, 0.25) is 0 Å². The average molecular weight is 222 g/mol. The van der Waals surface area contributed by atoms with Gasteiger partial charge in [-0.2, -0.15) is 0 Å². The Morgan fingerprint density at radius 1 is 1.53 bits per heavy atom. The number of hydrogen-bond acceptors (Lipinski definition) is 4. The van der Waals surface area contributed by atoms with E-state index in [0.717, 1.165) is 22.6 Å². The van der Waals surface area contributed by atoms with Gasteiger partial charge in [0, 0.05) is 5.56 Å². The lowest BCUT2D eigenvalue weighted by atomic mass is 10.0. The van der Waals surface area contributed by atoms with E-state index in [0.29, 0.717) is 11.7 Å². The topological polar surface area (TPSA) is 52.0 Å². The van der Waals surface area contributed by atoms with Crippen molar-refractivity contribution < 1.29 is 4.52 Å². The van der Waals surface area contributed by atoms with Gasteiger partial charge in [-0.05, 0) is 23.8 Å². The highest BCUT2D eigenvalue weighted by Gasteiger charge is 2.17. The van der Waals surface area contributed by atoms with Crippen molar-refractivity contribution in [2.24, 2.45) is 5.92 Å². The highest BCUT2D eigenvalue weighted by molar-refractivity contribution is 7.13. The number of rotatable bonds is 3. The third-order valence-electron chi connectivity index (χ3n) is 2.18. The first-order chi connectivity index (χ1) is 7.18. The predicted octanol–water partition coefficient (Wildman–Crippen LogP) is 3.18. The van der Waals surface area contributed by atoms with Gasteiger partial charge in [0.05, 0.1) is 4.88 Å². The van der Waals surface area contributed by atoms with Crippen molar-refractivity contribution in [3.63, 3.8) is 0 Å². The predicted molar refractivity (Wildman–Crippen MR) is 62.8 cm³/mol. The molecule has 0 fully saturated rings. The minimum atomic E-state index is 0.520. The highest BCUT2D eigenvalue weighted by Crippen LogP contribution is 2.32. The van der Waals surface area contributed by atoms with Crippen molar-refractivity contribution in [2.75, 3.05) is 5.73 Å². The molecular formula is C11H14N2OS. The molecule has 2 N–H and O–H groups in total. The number of nitrogens with two attached hydrogens (primary N) is 1. The molecule has 0 aromatic carbocycles. The van der Waals surface area contributed by atoms with Gasteiger partial charge in [-0.3, -0.25) is 0 Å². The van der Waals surface area contributed by atoms with Gasteiger partial charge >= 0.3 is 0 Å². The summed E-state index contributed by atoms with van der Waals surface area (Å²) in [5, 5.41) is 5.86.